The van der Waals surface area contributed by atoms with Gasteiger partial charge in [0.1, 0.15) is 0 Å². The second-order valence-corrected chi connectivity index (χ2v) is 5.67. The maximum absolute atomic E-state index is 10.7. The normalized spacial score (nSPS) is 27.8. The third-order valence-electron chi connectivity index (χ3n) is 2.63. The Bertz CT molecular complexity index is 180. The first kappa shape index (κ1) is 14.2. The number of rotatable bonds is 2. The lowest BCUT2D eigenvalue weighted by molar-refractivity contribution is 0.290. The standard InChI is InChI=1S/C8H17O3P.C2H6/c1-7-2-4-8(5-3-7)6-12(9,10)11;1-2/h7-8H,2-6H2,1H3,(H2,9,10,11);1-2H3. The summed E-state index contributed by atoms with van der Waals surface area (Å²) < 4.78 is 10.7. The topological polar surface area (TPSA) is 57.5 Å². The summed E-state index contributed by atoms with van der Waals surface area (Å²) in [5.41, 5.74) is 0. The molecule has 3 nitrogen and oxygen atoms in total. The average Bonchev–Trinajstić information content (AvgIpc) is 2.10. The van der Waals surface area contributed by atoms with Gasteiger partial charge >= 0.3 is 7.60 Å². The Kier molecular flexibility index (Phi) is 6.67. The van der Waals surface area contributed by atoms with Gasteiger partial charge in [0.05, 0.1) is 6.16 Å². The van der Waals surface area contributed by atoms with Gasteiger partial charge in [-0.25, -0.2) is 0 Å². The SMILES string of the molecule is CC.CC1CCC(CP(=O)(O)O)CC1. The van der Waals surface area contributed by atoms with Crippen LogP contribution in [0.25, 0.3) is 0 Å². The van der Waals surface area contributed by atoms with Crippen LogP contribution in [0.1, 0.15) is 46.5 Å². The Hall–Kier alpha value is 0.150. The van der Waals surface area contributed by atoms with Crippen LogP contribution in [0.5, 0.6) is 0 Å². The highest BCUT2D eigenvalue weighted by Gasteiger charge is 2.25. The Labute approximate surface area is 87.1 Å². The van der Waals surface area contributed by atoms with Crippen LogP contribution in [-0.2, 0) is 4.57 Å². The second kappa shape index (κ2) is 6.60. The molecule has 86 valence electrons. The van der Waals surface area contributed by atoms with E-state index in [9.17, 15) is 4.57 Å². The third-order valence-corrected chi connectivity index (χ3v) is 3.62. The van der Waals surface area contributed by atoms with Crippen molar-refractivity contribution in [3.63, 3.8) is 0 Å². The van der Waals surface area contributed by atoms with Gasteiger partial charge in [0, 0.05) is 0 Å². The van der Waals surface area contributed by atoms with E-state index in [1.54, 1.807) is 0 Å². The van der Waals surface area contributed by atoms with E-state index in [-0.39, 0.29) is 12.1 Å². The number of hydrogen-bond acceptors (Lipinski definition) is 1. The van der Waals surface area contributed by atoms with Crippen molar-refractivity contribution < 1.29 is 14.4 Å². The lowest BCUT2D eigenvalue weighted by Crippen LogP contribution is -2.15. The fourth-order valence-electron chi connectivity index (χ4n) is 1.85. The zero-order valence-electron chi connectivity index (χ0n) is 9.44. The predicted octanol–water partition coefficient (Wildman–Crippen LogP) is 3.02. The molecule has 1 saturated carbocycles. The molecule has 0 unspecified atom stereocenters. The molecule has 14 heavy (non-hydrogen) atoms. The smallest absolute Gasteiger partial charge is 0.324 e. The van der Waals surface area contributed by atoms with Crippen LogP contribution in [0.15, 0.2) is 0 Å². The summed E-state index contributed by atoms with van der Waals surface area (Å²) in [7, 11) is -3.75. The van der Waals surface area contributed by atoms with Gasteiger partial charge in [0.25, 0.3) is 0 Å². The minimum Gasteiger partial charge on any atom is -0.324 e. The summed E-state index contributed by atoms with van der Waals surface area (Å²) in [6.45, 7) is 6.20. The summed E-state index contributed by atoms with van der Waals surface area (Å²) in [5, 5.41) is 0. The van der Waals surface area contributed by atoms with Crippen molar-refractivity contribution in [2.45, 2.75) is 46.5 Å². The Morgan fingerprint density at radius 1 is 1.14 bits per heavy atom. The van der Waals surface area contributed by atoms with Crippen LogP contribution in [0, 0.1) is 11.8 Å². The van der Waals surface area contributed by atoms with Crippen molar-refractivity contribution in [1.82, 2.24) is 0 Å². The quantitative estimate of drug-likeness (QED) is 0.706. The van der Waals surface area contributed by atoms with E-state index >= 15 is 0 Å². The lowest BCUT2D eigenvalue weighted by atomic mass is 9.84. The van der Waals surface area contributed by atoms with E-state index < -0.39 is 7.60 Å². The molecule has 0 heterocycles. The van der Waals surface area contributed by atoms with Crippen LogP contribution in [0.3, 0.4) is 0 Å². The van der Waals surface area contributed by atoms with Crippen LogP contribution in [0.2, 0.25) is 0 Å². The Morgan fingerprint density at radius 2 is 1.57 bits per heavy atom. The first-order valence-corrected chi connectivity index (χ1v) is 7.31. The molecule has 0 spiro atoms. The summed E-state index contributed by atoms with van der Waals surface area (Å²) in [5.74, 6) is 1.01. The van der Waals surface area contributed by atoms with Gasteiger partial charge in [-0.3, -0.25) is 4.57 Å². The first-order valence-electron chi connectivity index (χ1n) is 5.52. The monoisotopic (exact) mass is 222 g/mol. The zero-order valence-corrected chi connectivity index (χ0v) is 10.3. The molecule has 0 aromatic heterocycles. The predicted molar refractivity (Wildman–Crippen MR) is 59.4 cm³/mol. The van der Waals surface area contributed by atoms with E-state index in [4.69, 9.17) is 9.79 Å². The molecule has 0 bridgehead atoms. The summed E-state index contributed by atoms with van der Waals surface area (Å²) in [4.78, 5) is 17.5. The molecule has 0 radical (unpaired) electrons. The van der Waals surface area contributed by atoms with Crippen molar-refractivity contribution >= 4 is 7.60 Å². The summed E-state index contributed by atoms with van der Waals surface area (Å²) in [6.07, 6.45) is 4.34. The molecular weight excluding hydrogens is 199 g/mol. The maximum Gasteiger partial charge on any atom is 0.325 e. The molecule has 1 fully saturated rings. The van der Waals surface area contributed by atoms with E-state index in [1.165, 1.54) is 0 Å². The third kappa shape index (κ3) is 6.58. The minimum absolute atomic E-state index is 0.0969. The Morgan fingerprint density at radius 3 is 1.93 bits per heavy atom. The van der Waals surface area contributed by atoms with Gasteiger partial charge in [-0.15, -0.1) is 0 Å². The average molecular weight is 222 g/mol. The van der Waals surface area contributed by atoms with Crippen LogP contribution >= 0.6 is 7.60 Å². The lowest BCUT2D eigenvalue weighted by Gasteiger charge is -2.25. The zero-order chi connectivity index (χ0) is 11.2. The molecule has 1 rings (SSSR count). The Balaban J connectivity index is 0.000000791. The van der Waals surface area contributed by atoms with Gasteiger partial charge < -0.3 is 9.79 Å². The van der Waals surface area contributed by atoms with Crippen molar-refractivity contribution in [2.75, 3.05) is 6.16 Å². The number of hydrogen-bond donors (Lipinski definition) is 2. The van der Waals surface area contributed by atoms with Gasteiger partial charge in [-0.05, 0) is 24.7 Å². The molecule has 2 N–H and O–H groups in total. The van der Waals surface area contributed by atoms with Crippen LogP contribution in [-0.4, -0.2) is 15.9 Å². The minimum atomic E-state index is -3.75. The summed E-state index contributed by atoms with van der Waals surface area (Å²) in [6, 6.07) is 0. The molecule has 0 aliphatic heterocycles. The molecule has 0 saturated heterocycles. The van der Waals surface area contributed by atoms with Crippen molar-refractivity contribution in [1.29, 1.82) is 0 Å². The van der Waals surface area contributed by atoms with E-state index in [1.807, 2.05) is 13.8 Å². The highest BCUT2D eigenvalue weighted by molar-refractivity contribution is 7.51. The first-order chi connectivity index (χ1) is 6.47. The largest absolute Gasteiger partial charge is 0.325 e. The van der Waals surface area contributed by atoms with E-state index in [0.29, 0.717) is 0 Å². The van der Waals surface area contributed by atoms with Crippen molar-refractivity contribution in [3.8, 4) is 0 Å². The van der Waals surface area contributed by atoms with Gasteiger partial charge in [0.2, 0.25) is 0 Å². The van der Waals surface area contributed by atoms with Crippen LogP contribution < -0.4 is 0 Å². The fraction of sp³-hybridized carbons (Fsp3) is 1.00. The molecule has 0 aromatic rings. The second-order valence-electron chi connectivity index (χ2n) is 3.97. The molecule has 1 aliphatic rings. The molecule has 4 heteroatoms. The molecule has 0 amide bonds. The van der Waals surface area contributed by atoms with Crippen LogP contribution in [0.4, 0.5) is 0 Å². The molecule has 1 aliphatic carbocycles. The summed E-state index contributed by atoms with van der Waals surface area (Å²) >= 11 is 0. The van der Waals surface area contributed by atoms with Gasteiger partial charge in [-0.2, -0.15) is 0 Å². The van der Waals surface area contributed by atoms with Crippen molar-refractivity contribution in [2.24, 2.45) is 11.8 Å². The van der Waals surface area contributed by atoms with E-state index in [0.717, 1.165) is 31.6 Å². The van der Waals surface area contributed by atoms with Crippen molar-refractivity contribution in [3.05, 3.63) is 0 Å². The van der Waals surface area contributed by atoms with Gasteiger partial charge in [-0.1, -0.05) is 33.6 Å². The molecule has 0 atom stereocenters. The van der Waals surface area contributed by atoms with E-state index in [2.05, 4.69) is 6.92 Å². The van der Waals surface area contributed by atoms with Gasteiger partial charge in [0.15, 0.2) is 0 Å². The maximum atomic E-state index is 10.7. The fourth-order valence-corrected chi connectivity index (χ4v) is 2.89. The highest BCUT2D eigenvalue weighted by Crippen LogP contribution is 2.41. The molecular formula is C10H23O3P. The molecule has 0 aromatic carbocycles. The highest BCUT2D eigenvalue weighted by atomic mass is 31.2.